The van der Waals surface area contributed by atoms with Crippen LogP contribution in [0.4, 0.5) is 5.82 Å². The number of nitrogens with zero attached hydrogens (tertiary/aromatic N) is 4. The zero-order valence-corrected chi connectivity index (χ0v) is 10.5. The standard InChI is InChI=1S/C10H16N6O3/c1-2-19-7-6-15(12)10(14-11)8-4-3-5-9(13-8)16(17)18/h3-5H,2,6-7,11-12H2,1H3/b14-10-. The molecule has 0 spiro atoms. The second-order valence-corrected chi connectivity index (χ2v) is 3.48. The molecular formula is C10H16N6O3. The predicted molar refractivity (Wildman–Crippen MR) is 69.0 cm³/mol. The van der Waals surface area contributed by atoms with Crippen molar-refractivity contribution in [1.29, 1.82) is 0 Å². The van der Waals surface area contributed by atoms with Crippen molar-refractivity contribution in [3.05, 3.63) is 34.0 Å². The maximum atomic E-state index is 10.7. The molecule has 1 aromatic heterocycles. The van der Waals surface area contributed by atoms with Crippen molar-refractivity contribution in [3.8, 4) is 0 Å². The maximum absolute atomic E-state index is 10.7. The molecular weight excluding hydrogens is 252 g/mol. The fourth-order valence-corrected chi connectivity index (χ4v) is 1.35. The normalized spacial score (nSPS) is 11.4. The van der Waals surface area contributed by atoms with E-state index in [0.717, 1.165) is 0 Å². The van der Waals surface area contributed by atoms with Crippen LogP contribution >= 0.6 is 0 Å². The summed E-state index contributed by atoms with van der Waals surface area (Å²) < 4.78 is 5.15. The molecule has 0 radical (unpaired) electrons. The van der Waals surface area contributed by atoms with Crippen LogP contribution in [0.5, 0.6) is 0 Å². The van der Waals surface area contributed by atoms with E-state index in [-0.39, 0.29) is 17.3 Å². The van der Waals surface area contributed by atoms with Crippen molar-refractivity contribution >= 4 is 11.7 Å². The summed E-state index contributed by atoms with van der Waals surface area (Å²) >= 11 is 0. The van der Waals surface area contributed by atoms with Crippen LogP contribution in [0.25, 0.3) is 0 Å². The van der Waals surface area contributed by atoms with Crippen LogP contribution in [-0.2, 0) is 4.74 Å². The van der Waals surface area contributed by atoms with Gasteiger partial charge in [0.25, 0.3) is 0 Å². The molecule has 0 amide bonds. The first-order chi connectivity index (χ1) is 9.10. The number of aromatic nitrogens is 1. The number of amidine groups is 1. The third-order valence-corrected chi connectivity index (χ3v) is 2.23. The summed E-state index contributed by atoms with van der Waals surface area (Å²) in [5, 5.41) is 15.4. The molecule has 0 unspecified atom stereocenters. The van der Waals surface area contributed by atoms with Crippen molar-refractivity contribution in [3.63, 3.8) is 0 Å². The van der Waals surface area contributed by atoms with E-state index in [0.29, 0.717) is 19.8 Å². The van der Waals surface area contributed by atoms with E-state index in [9.17, 15) is 10.1 Å². The number of hydrogen-bond acceptors (Lipinski definition) is 7. The largest absolute Gasteiger partial charge is 0.380 e. The third kappa shape index (κ3) is 4.16. The SMILES string of the molecule is CCOCCN(N)/C(=N\N)c1cccc([N+](=O)[O-])n1. The van der Waals surface area contributed by atoms with E-state index >= 15 is 0 Å². The average molecular weight is 268 g/mol. The molecule has 1 heterocycles. The fourth-order valence-electron chi connectivity index (χ4n) is 1.35. The van der Waals surface area contributed by atoms with Gasteiger partial charge in [-0.05, 0) is 29.0 Å². The Morgan fingerprint density at radius 3 is 2.95 bits per heavy atom. The molecule has 9 heteroatoms. The Morgan fingerprint density at radius 2 is 2.37 bits per heavy atom. The van der Waals surface area contributed by atoms with Crippen LogP contribution in [0.15, 0.2) is 23.3 Å². The summed E-state index contributed by atoms with van der Waals surface area (Å²) in [5.41, 5.74) is 0.232. The first kappa shape index (κ1) is 14.8. The maximum Gasteiger partial charge on any atom is 0.364 e. The Kier molecular flexibility index (Phi) is 5.64. The zero-order chi connectivity index (χ0) is 14.3. The van der Waals surface area contributed by atoms with Gasteiger partial charge in [-0.15, -0.1) is 0 Å². The first-order valence-electron chi connectivity index (χ1n) is 5.59. The van der Waals surface area contributed by atoms with Gasteiger partial charge < -0.3 is 20.7 Å². The van der Waals surface area contributed by atoms with E-state index in [4.69, 9.17) is 16.4 Å². The number of pyridine rings is 1. The second kappa shape index (κ2) is 7.24. The van der Waals surface area contributed by atoms with Gasteiger partial charge in [0.2, 0.25) is 11.5 Å². The van der Waals surface area contributed by atoms with Crippen molar-refractivity contribution in [2.75, 3.05) is 19.8 Å². The van der Waals surface area contributed by atoms with Crippen molar-refractivity contribution in [2.24, 2.45) is 16.8 Å². The molecule has 0 bridgehead atoms. The van der Waals surface area contributed by atoms with Gasteiger partial charge in [0.1, 0.15) is 0 Å². The summed E-state index contributed by atoms with van der Waals surface area (Å²) in [4.78, 5) is 13.9. The lowest BCUT2D eigenvalue weighted by Gasteiger charge is -2.17. The van der Waals surface area contributed by atoms with Gasteiger partial charge in [0.05, 0.1) is 13.2 Å². The molecule has 0 saturated carbocycles. The third-order valence-electron chi connectivity index (χ3n) is 2.23. The average Bonchev–Trinajstić information content (AvgIpc) is 2.40. The highest BCUT2D eigenvalue weighted by atomic mass is 16.6. The smallest absolute Gasteiger partial charge is 0.364 e. The molecule has 4 N–H and O–H groups in total. The lowest BCUT2D eigenvalue weighted by molar-refractivity contribution is -0.389. The van der Waals surface area contributed by atoms with Gasteiger partial charge in [-0.2, -0.15) is 5.10 Å². The molecule has 1 rings (SSSR count). The highest BCUT2D eigenvalue weighted by molar-refractivity contribution is 5.96. The molecule has 0 aliphatic heterocycles. The Hall–Kier alpha value is -2.26. The van der Waals surface area contributed by atoms with Crippen LogP contribution in [0, 0.1) is 10.1 Å². The van der Waals surface area contributed by atoms with E-state index in [1.165, 1.54) is 17.1 Å². The second-order valence-electron chi connectivity index (χ2n) is 3.48. The highest BCUT2D eigenvalue weighted by Crippen LogP contribution is 2.09. The van der Waals surface area contributed by atoms with Gasteiger partial charge in [-0.1, -0.05) is 0 Å². The number of ether oxygens (including phenoxy) is 1. The number of nitrogens with two attached hydrogens (primary N) is 2. The number of hydrazone groups is 1. The molecule has 0 fully saturated rings. The zero-order valence-electron chi connectivity index (χ0n) is 10.5. The van der Waals surface area contributed by atoms with Crippen molar-refractivity contribution in [1.82, 2.24) is 9.99 Å². The topological polar surface area (TPSA) is 133 Å². The quantitative estimate of drug-likeness (QED) is 0.182. The van der Waals surface area contributed by atoms with Gasteiger partial charge in [0, 0.05) is 12.7 Å². The van der Waals surface area contributed by atoms with Gasteiger partial charge >= 0.3 is 5.82 Å². The summed E-state index contributed by atoms with van der Waals surface area (Å²) in [6, 6.07) is 4.31. The van der Waals surface area contributed by atoms with Gasteiger partial charge in [0.15, 0.2) is 0 Å². The van der Waals surface area contributed by atoms with Crippen LogP contribution in [0.3, 0.4) is 0 Å². The Labute approximate surface area is 110 Å². The Morgan fingerprint density at radius 1 is 1.63 bits per heavy atom. The van der Waals surface area contributed by atoms with E-state index < -0.39 is 4.92 Å². The molecule has 0 saturated heterocycles. The van der Waals surface area contributed by atoms with Gasteiger partial charge in [-0.3, -0.25) is 5.01 Å². The predicted octanol–water partition coefficient (Wildman–Crippen LogP) is -0.178. The minimum atomic E-state index is -0.599. The summed E-state index contributed by atoms with van der Waals surface area (Å²) in [5.74, 6) is 10.9. The van der Waals surface area contributed by atoms with Gasteiger partial charge in [-0.25, -0.2) is 5.84 Å². The molecule has 104 valence electrons. The van der Waals surface area contributed by atoms with Crippen molar-refractivity contribution < 1.29 is 9.66 Å². The summed E-state index contributed by atoms with van der Waals surface area (Å²) in [6.45, 7) is 3.16. The minimum Gasteiger partial charge on any atom is -0.380 e. The van der Waals surface area contributed by atoms with Crippen LogP contribution in [-0.4, -0.2) is 40.5 Å². The minimum absolute atomic E-state index is 0.156. The monoisotopic (exact) mass is 268 g/mol. The summed E-state index contributed by atoms with van der Waals surface area (Å²) in [6.07, 6.45) is 0. The van der Waals surface area contributed by atoms with Crippen LogP contribution in [0.2, 0.25) is 0 Å². The number of rotatable bonds is 6. The number of hydrazine groups is 1. The lowest BCUT2D eigenvalue weighted by atomic mass is 10.3. The molecule has 19 heavy (non-hydrogen) atoms. The lowest BCUT2D eigenvalue weighted by Crippen LogP contribution is -2.41. The number of hydrogen-bond donors (Lipinski definition) is 2. The molecule has 0 atom stereocenters. The first-order valence-corrected chi connectivity index (χ1v) is 5.59. The fraction of sp³-hybridized carbons (Fsp3) is 0.400. The molecule has 0 aliphatic carbocycles. The molecule has 9 nitrogen and oxygen atoms in total. The van der Waals surface area contributed by atoms with Crippen molar-refractivity contribution in [2.45, 2.75) is 6.92 Å². The molecule has 0 aromatic carbocycles. The summed E-state index contributed by atoms with van der Waals surface area (Å²) in [7, 11) is 0. The Bertz CT molecular complexity index is 464. The number of nitro groups is 1. The highest BCUT2D eigenvalue weighted by Gasteiger charge is 2.18. The molecule has 0 aliphatic rings. The van der Waals surface area contributed by atoms with Crippen LogP contribution < -0.4 is 11.7 Å². The van der Waals surface area contributed by atoms with E-state index in [1.807, 2.05) is 6.92 Å². The van der Waals surface area contributed by atoms with E-state index in [2.05, 4.69) is 10.1 Å². The van der Waals surface area contributed by atoms with Crippen LogP contribution in [0.1, 0.15) is 12.6 Å². The molecule has 1 aromatic rings. The van der Waals surface area contributed by atoms with E-state index in [1.54, 1.807) is 6.07 Å². The Balaban J connectivity index is 2.85.